The maximum atomic E-state index is 2.59. The van der Waals surface area contributed by atoms with Gasteiger partial charge in [-0.05, 0) is 154 Å². The fraction of sp³-hybridized carbons (Fsp3) is 0.406. The van der Waals surface area contributed by atoms with Crippen molar-refractivity contribution in [2.24, 2.45) is 0 Å². The van der Waals surface area contributed by atoms with E-state index in [1.165, 1.54) is 153 Å². The van der Waals surface area contributed by atoms with Crippen molar-refractivity contribution < 1.29 is 1.43 Å². The lowest BCUT2D eigenvalue weighted by atomic mass is 9.82. The number of hydrogen-bond donors (Lipinski definition) is 0. The number of rotatable bonds is 10. The minimum atomic E-state index is -0.0522. The van der Waals surface area contributed by atoms with Gasteiger partial charge in [0.25, 0.3) is 0 Å². The van der Waals surface area contributed by atoms with E-state index in [9.17, 15) is 0 Å². The Morgan fingerprint density at radius 1 is 0.379 bits per heavy atom. The van der Waals surface area contributed by atoms with Crippen LogP contribution >= 0.6 is 0 Å². The van der Waals surface area contributed by atoms with Crippen LogP contribution in [0.1, 0.15) is 192 Å². The van der Waals surface area contributed by atoms with Crippen LogP contribution in [-0.2, 0) is 10.8 Å². The van der Waals surface area contributed by atoms with E-state index < -0.39 is 0 Å². The molecule has 0 spiro atoms. The minimum absolute atomic E-state index is 0. The normalized spacial score (nSPS) is 15.6. The first kappa shape index (κ1) is 45.8. The van der Waals surface area contributed by atoms with E-state index in [0.29, 0.717) is 23.7 Å². The van der Waals surface area contributed by atoms with Gasteiger partial charge < -0.3 is 9.80 Å². The lowest BCUT2D eigenvalue weighted by Crippen LogP contribution is -2.17. The van der Waals surface area contributed by atoms with Crippen LogP contribution in [0.15, 0.2) is 133 Å². The molecule has 0 unspecified atom stereocenters. The van der Waals surface area contributed by atoms with E-state index >= 15 is 0 Å². The minimum Gasteiger partial charge on any atom is -0.309 e. The molecule has 0 saturated heterocycles. The van der Waals surface area contributed by atoms with Crippen LogP contribution in [0.2, 0.25) is 0 Å². The molecule has 344 valence electrons. The summed E-state index contributed by atoms with van der Waals surface area (Å²) in [4.78, 5) is 5.18. The molecule has 2 heteroatoms. The highest BCUT2D eigenvalue weighted by molar-refractivity contribution is 6.23. The Morgan fingerprint density at radius 2 is 0.682 bits per heavy atom. The first-order valence-corrected chi connectivity index (χ1v) is 25.7. The van der Waals surface area contributed by atoms with Gasteiger partial charge in [-0.1, -0.05) is 181 Å². The Hall–Kier alpha value is -5.34. The van der Waals surface area contributed by atoms with Crippen LogP contribution in [0.5, 0.6) is 0 Å². The molecule has 2 fully saturated rings. The van der Waals surface area contributed by atoms with Crippen LogP contribution in [0, 0.1) is 0 Å². The van der Waals surface area contributed by atoms with Crippen molar-refractivity contribution in [2.45, 2.75) is 168 Å². The SMILES string of the molecule is CC(C)c1ccc(N(c2ccc(C3CCCCC3)cc2)c2c3ccc(C(C)(C)C)cc3c(N(c3ccc(C(C)C)cc3)c3ccc(C4CCCCC4)cc3)c3ccc(C(C)(C)C)cc23)cc1.[2HH]. The van der Waals surface area contributed by atoms with Gasteiger partial charge in [-0.15, -0.1) is 0 Å². The second-order valence-electron chi connectivity index (χ2n) is 22.7. The summed E-state index contributed by atoms with van der Waals surface area (Å²) >= 11 is 0. The molecule has 0 aromatic heterocycles. The quantitative estimate of drug-likeness (QED) is 0.0998. The van der Waals surface area contributed by atoms with Gasteiger partial charge in [-0.3, -0.25) is 0 Å². The average Bonchev–Trinajstić information content (AvgIpc) is 3.32. The van der Waals surface area contributed by atoms with Crippen molar-refractivity contribution in [3.05, 3.63) is 167 Å². The maximum absolute atomic E-state index is 2.59. The molecule has 2 saturated carbocycles. The van der Waals surface area contributed by atoms with E-state index in [1.54, 1.807) is 0 Å². The van der Waals surface area contributed by atoms with E-state index in [0.717, 1.165) is 0 Å². The fourth-order valence-electron chi connectivity index (χ4n) is 11.1. The van der Waals surface area contributed by atoms with Gasteiger partial charge in [-0.2, -0.15) is 0 Å². The largest absolute Gasteiger partial charge is 0.309 e. The summed E-state index contributed by atoms with van der Waals surface area (Å²) in [5.41, 5.74) is 15.5. The van der Waals surface area contributed by atoms with E-state index in [1.807, 2.05) is 0 Å². The number of anilines is 6. The molecule has 2 nitrogen and oxygen atoms in total. The summed E-state index contributed by atoms with van der Waals surface area (Å²) in [5, 5.41) is 5.03. The Labute approximate surface area is 400 Å². The standard InChI is InChI=1S/C64H76N2.H2/c1-43(2)45-21-31-53(32-22-45)65(55-35-25-49(26-36-55)47-17-13-11-14-18-47)61-57-39-29-52(64(8,9)10)42-60(57)62(58-40-30-51(41-59(58)61)63(5,6)7)66(54-33-23-46(24-34-54)44(3)4)56-37-27-50(28-38-56)48-19-15-12-16-20-48;/h21-44,47-48H,11-20H2,1-10H3;1H/i;1+1. The predicted molar refractivity (Wildman–Crippen MR) is 290 cm³/mol. The topological polar surface area (TPSA) is 6.48 Å². The number of fused-ring (bicyclic) bond motifs is 2. The summed E-state index contributed by atoms with van der Waals surface area (Å²) in [6, 6.07) is 53.1. The van der Waals surface area contributed by atoms with Gasteiger partial charge in [0.1, 0.15) is 0 Å². The second kappa shape index (κ2) is 18.7. The van der Waals surface area contributed by atoms with E-state index in [2.05, 4.69) is 212 Å². The third-order valence-corrected chi connectivity index (χ3v) is 15.3. The summed E-state index contributed by atoms with van der Waals surface area (Å²) in [7, 11) is 0. The van der Waals surface area contributed by atoms with Crippen molar-refractivity contribution in [1.29, 1.82) is 0 Å². The molecule has 9 rings (SSSR count). The lowest BCUT2D eigenvalue weighted by molar-refractivity contribution is 0.443. The van der Waals surface area contributed by atoms with Crippen molar-refractivity contribution >= 4 is 55.7 Å². The molecule has 0 bridgehead atoms. The average molecular weight is 876 g/mol. The molecular weight excluding hydrogens is 797 g/mol. The van der Waals surface area contributed by atoms with Crippen molar-refractivity contribution in [3.8, 4) is 0 Å². The van der Waals surface area contributed by atoms with Crippen LogP contribution in [0.25, 0.3) is 21.5 Å². The molecule has 2 aliphatic rings. The molecule has 2 aliphatic carbocycles. The monoisotopic (exact) mass is 876 g/mol. The fourth-order valence-corrected chi connectivity index (χ4v) is 11.1. The molecule has 66 heavy (non-hydrogen) atoms. The van der Waals surface area contributed by atoms with E-state index in [-0.39, 0.29) is 12.3 Å². The molecule has 0 aliphatic heterocycles. The maximum Gasteiger partial charge on any atom is 0.0620 e. The highest BCUT2D eigenvalue weighted by atomic mass is 15.2. The van der Waals surface area contributed by atoms with Crippen molar-refractivity contribution in [3.63, 3.8) is 0 Å². The summed E-state index contributed by atoms with van der Waals surface area (Å²) in [6.07, 6.45) is 13.2. The smallest absolute Gasteiger partial charge is 0.0620 e. The van der Waals surface area contributed by atoms with Crippen molar-refractivity contribution in [2.75, 3.05) is 9.80 Å². The zero-order valence-electron chi connectivity index (χ0n) is 42.0. The van der Waals surface area contributed by atoms with E-state index in [4.69, 9.17) is 0 Å². The van der Waals surface area contributed by atoms with Crippen molar-refractivity contribution in [1.82, 2.24) is 0 Å². The third-order valence-electron chi connectivity index (χ3n) is 15.3. The van der Waals surface area contributed by atoms with Gasteiger partial charge >= 0.3 is 0 Å². The third kappa shape index (κ3) is 9.32. The number of nitrogens with zero attached hydrogens (tertiary/aromatic N) is 2. The van der Waals surface area contributed by atoms with Crippen LogP contribution in [0.4, 0.5) is 34.1 Å². The van der Waals surface area contributed by atoms with Crippen LogP contribution in [-0.4, -0.2) is 0 Å². The van der Waals surface area contributed by atoms with Gasteiger partial charge in [-0.25, -0.2) is 0 Å². The first-order valence-electron chi connectivity index (χ1n) is 25.7. The molecule has 0 atom stereocenters. The Morgan fingerprint density at radius 3 is 0.970 bits per heavy atom. The van der Waals surface area contributed by atoms with Crippen LogP contribution in [0.3, 0.4) is 0 Å². The zero-order valence-corrected chi connectivity index (χ0v) is 42.0. The number of benzene rings is 7. The Balaban J connectivity index is 0.00000608. The molecule has 0 amide bonds. The summed E-state index contributed by atoms with van der Waals surface area (Å²) in [5.74, 6) is 2.20. The molecule has 0 radical (unpaired) electrons. The van der Waals surface area contributed by atoms with Gasteiger partial charge in [0.15, 0.2) is 0 Å². The molecule has 0 N–H and O–H groups in total. The van der Waals surface area contributed by atoms with Crippen LogP contribution < -0.4 is 9.80 Å². The highest BCUT2D eigenvalue weighted by Gasteiger charge is 2.29. The molecular formula is C64H78N2. The molecule has 0 heterocycles. The summed E-state index contributed by atoms with van der Waals surface area (Å²) in [6.45, 7) is 23.3. The Kier molecular flexibility index (Phi) is 13.0. The predicted octanol–water partition coefficient (Wildman–Crippen LogP) is 20.1. The first-order chi connectivity index (χ1) is 31.7. The molecule has 7 aromatic rings. The molecule has 7 aromatic carbocycles. The van der Waals surface area contributed by atoms with Gasteiger partial charge in [0.05, 0.1) is 11.4 Å². The second-order valence-corrected chi connectivity index (χ2v) is 22.7. The summed E-state index contributed by atoms with van der Waals surface area (Å²) < 4.78 is 0. The highest BCUT2D eigenvalue weighted by Crippen LogP contribution is 2.53. The lowest BCUT2D eigenvalue weighted by Gasteiger charge is -2.34. The van der Waals surface area contributed by atoms with Gasteiger partial charge in [0, 0.05) is 45.7 Å². The van der Waals surface area contributed by atoms with Gasteiger partial charge in [0.2, 0.25) is 0 Å². The number of hydrogen-bond acceptors (Lipinski definition) is 2. The Bertz CT molecular complexity index is 2560. The zero-order chi connectivity index (χ0) is 46.3.